The summed E-state index contributed by atoms with van der Waals surface area (Å²) in [5.41, 5.74) is 11.6. The number of rotatable bonds is 5. The smallest absolute Gasteiger partial charge is 0.272 e. The van der Waals surface area contributed by atoms with Gasteiger partial charge >= 0.3 is 0 Å². The highest BCUT2D eigenvalue weighted by Gasteiger charge is 2.18. The number of pyridine rings is 3. The van der Waals surface area contributed by atoms with E-state index in [9.17, 15) is 4.79 Å². The first-order valence-corrected chi connectivity index (χ1v) is 11.3. The molecule has 1 aromatic carbocycles. The summed E-state index contributed by atoms with van der Waals surface area (Å²) < 4.78 is 1.95. The maximum atomic E-state index is 13.1. The summed E-state index contributed by atoms with van der Waals surface area (Å²) in [7, 11) is 0. The Labute approximate surface area is 201 Å². The predicted molar refractivity (Wildman–Crippen MR) is 134 cm³/mol. The van der Waals surface area contributed by atoms with Gasteiger partial charge in [-0.25, -0.2) is 9.97 Å². The minimum atomic E-state index is -0.236. The van der Waals surface area contributed by atoms with Crippen LogP contribution in [0.4, 0.5) is 5.82 Å². The van der Waals surface area contributed by atoms with Gasteiger partial charge in [0.2, 0.25) is 0 Å². The van der Waals surface area contributed by atoms with Crippen LogP contribution in [-0.2, 0) is 13.0 Å². The molecule has 5 aromatic rings. The lowest BCUT2D eigenvalue weighted by atomic mass is 10.1. The summed E-state index contributed by atoms with van der Waals surface area (Å²) in [6.07, 6.45) is 4.12. The summed E-state index contributed by atoms with van der Waals surface area (Å²) in [6.45, 7) is 4.20. The Morgan fingerprint density at radius 2 is 1.97 bits per heavy atom. The number of benzene rings is 1. The van der Waals surface area contributed by atoms with E-state index in [1.807, 2.05) is 66.9 Å². The Kier molecular flexibility index (Phi) is 5.63. The molecule has 7 nitrogen and oxygen atoms in total. The normalized spacial score (nSPS) is 11.3. The van der Waals surface area contributed by atoms with E-state index in [1.54, 1.807) is 6.20 Å². The summed E-state index contributed by atoms with van der Waals surface area (Å²) in [5, 5.41) is 4.56. The maximum absolute atomic E-state index is 13.1. The van der Waals surface area contributed by atoms with E-state index in [1.165, 1.54) is 0 Å². The van der Waals surface area contributed by atoms with E-state index < -0.39 is 0 Å². The minimum Gasteiger partial charge on any atom is -0.384 e. The van der Waals surface area contributed by atoms with Crippen LogP contribution in [0.3, 0.4) is 0 Å². The van der Waals surface area contributed by atoms with E-state index in [0.29, 0.717) is 29.5 Å². The number of amides is 1. The number of hydrogen-bond acceptors (Lipinski definition) is 5. The monoisotopic (exact) mass is 470 g/mol. The minimum absolute atomic E-state index is 0.236. The largest absolute Gasteiger partial charge is 0.384 e. The maximum Gasteiger partial charge on any atom is 0.272 e. The van der Waals surface area contributed by atoms with Crippen LogP contribution in [-0.4, -0.2) is 25.3 Å². The molecule has 1 amide bonds. The van der Waals surface area contributed by atoms with E-state index in [2.05, 4.69) is 21.4 Å². The average Bonchev–Trinajstić information content (AvgIpc) is 3.16. The third kappa shape index (κ3) is 4.18. The van der Waals surface area contributed by atoms with Crippen molar-refractivity contribution in [3.8, 4) is 0 Å². The molecular weight excluding hydrogens is 448 g/mol. The van der Waals surface area contributed by atoms with Gasteiger partial charge in [0.15, 0.2) is 5.69 Å². The number of nitrogens with one attached hydrogen (secondary N) is 1. The Hall–Kier alpha value is -3.97. The molecule has 0 aliphatic heterocycles. The van der Waals surface area contributed by atoms with Gasteiger partial charge in [-0.05, 0) is 66.9 Å². The van der Waals surface area contributed by atoms with Crippen LogP contribution >= 0.6 is 11.6 Å². The Balaban J connectivity index is 1.44. The zero-order chi connectivity index (χ0) is 23.8. The highest BCUT2D eigenvalue weighted by molar-refractivity contribution is 6.31. The van der Waals surface area contributed by atoms with Crippen molar-refractivity contribution in [3.05, 3.63) is 99.8 Å². The first kappa shape index (κ1) is 21.9. The number of nitrogen functional groups attached to an aromatic ring is 1. The third-order valence-electron chi connectivity index (χ3n) is 5.91. The van der Waals surface area contributed by atoms with Crippen LogP contribution < -0.4 is 11.1 Å². The van der Waals surface area contributed by atoms with Gasteiger partial charge in [0.05, 0.1) is 16.1 Å². The van der Waals surface area contributed by atoms with Gasteiger partial charge in [0.1, 0.15) is 11.6 Å². The number of nitrogens with two attached hydrogens (primary N) is 1. The molecule has 34 heavy (non-hydrogen) atoms. The van der Waals surface area contributed by atoms with Crippen molar-refractivity contribution in [3.63, 3.8) is 0 Å². The van der Waals surface area contributed by atoms with E-state index in [4.69, 9.17) is 22.3 Å². The lowest BCUT2D eigenvalue weighted by Gasteiger charge is -2.11. The summed E-state index contributed by atoms with van der Waals surface area (Å²) >= 11 is 6.12. The number of carbonyl (C=O) groups is 1. The van der Waals surface area contributed by atoms with Gasteiger partial charge < -0.3 is 15.5 Å². The molecule has 0 saturated carbocycles. The van der Waals surface area contributed by atoms with Crippen molar-refractivity contribution in [2.45, 2.75) is 26.8 Å². The molecule has 170 valence electrons. The highest BCUT2D eigenvalue weighted by Crippen LogP contribution is 2.22. The number of nitrogens with zero attached hydrogens (tertiary/aromatic N) is 4. The lowest BCUT2D eigenvalue weighted by molar-refractivity contribution is 0.0948. The number of anilines is 1. The van der Waals surface area contributed by atoms with Gasteiger partial charge in [-0.3, -0.25) is 9.78 Å². The predicted octanol–water partition coefficient (Wildman–Crippen LogP) is 4.65. The first-order chi connectivity index (χ1) is 16.4. The van der Waals surface area contributed by atoms with Crippen molar-refractivity contribution in [1.82, 2.24) is 24.7 Å². The molecule has 4 heterocycles. The Morgan fingerprint density at radius 3 is 2.79 bits per heavy atom. The van der Waals surface area contributed by atoms with Crippen LogP contribution in [0.1, 0.15) is 38.7 Å². The molecular formula is C26H23ClN6O. The van der Waals surface area contributed by atoms with Gasteiger partial charge in [0, 0.05) is 36.4 Å². The quantitative estimate of drug-likeness (QED) is 0.389. The molecule has 0 radical (unpaired) electrons. The van der Waals surface area contributed by atoms with Crippen molar-refractivity contribution in [2.75, 3.05) is 5.73 Å². The second-order valence-electron chi connectivity index (χ2n) is 8.30. The zero-order valence-corrected chi connectivity index (χ0v) is 19.6. The van der Waals surface area contributed by atoms with Crippen LogP contribution in [0.5, 0.6) is 0 Å². The third-order valence-corrected chi connectivity index (χ3v) is 6.12. The van der Waals surface area contributed by atoms with Crippen molar-refractivity contribution >= 4 is 39.7 Å². The zero-order valence-electron chi connectivity index (χ0n) is 18.8. The van der Waals surface area contributed by atoms with Crippen LogP contribution in [0.25, 0.3) is 16.4 Å². The van der Waals surface area contributed by atoms with Crippen molar-refractivity contribution in [1.29, 1.82) is 0 Å². The van der Waals surface area contributed by atoms with E-state index in [0.717, 1.165) is 44.6 Å². The molecule has 8 heteroatoms. The molecule has 3 N–H and O–H groups in total. The van der Waals surface area contributed by atoms with E-state index in [-0.39, 0.29) is 5.91 Å². The van der Waals surface area contributed by atoms with Gasteiger partial charge in [-0.15, -0.1) is 0 Å². The average molecular weight is 471 g/mol. The molecule has 0 spiro atoms. The van der Waals surface area contributed by atoms with Gasteiger partial charge in [-0.1, -0.05) is 23.7 Å². The lowest BCUT2D eigenvalue weighted by Crippen LogP contribution is -2.24. The fourth-order valence-electron chi connectivity index (χ4n) is 4.25. The van der Waals surface area contributed by atoms with Crippen LogP contribution in [0, 0.1) is 13.8 Å². The van der Waals surface area contributed by atoms with Gasteiger partial charge in [-0.2, -0.15) is 0 Å². The molecule has 0 saturated heterocycles. The fraction of sp³-hybridized carbons (Fsp3) is 0.154. The van der Waals surface area contributed by atoms with Crippen LogP contribution in [0.2, 0.25) is 5.02 Å². The Bertz CT molecular complexity index is 1540. The summed E-state index contributed by atoms with van der Waals surface area (Å²) in [4.78, 5) is 26.5. The molecule has 0 aliphatic rings. The number of hydrogen-bond donors (Lipinski definition) is 2. The van der Waals surface area contributed by atoms with Gasteiger partial charge in [0.25, 0.3) is 5.91 Å². The number of fused-ring (bicyclic) bond motifs is 2. The molecule has 0 fully saturated rings. The number of aryl methyl sites for hydroxylation is 2. The van der Waals surface area contributed by atoms with Crippen molar-refractivity contribution in [2.24, 2.45) is 0 Å². The summed E-state index contributed by atoms with van der Waals surface area (Å²) in [5.74, 6) is 1.01. The standard InChI is InChI=1S/C26H23ClN6O/c1-15-9-23(28)31-16(2)20(15)14-30-26(34)25-22-5-3-4-8-33(22)24(32-25)11-17-6-7-21-18(10-17)12-19(27)13-29-21/h3-10,12-13H,11,14H2,1-2H3,(H2,28,31)(H,30,34). The number of halogens is 1. The van der Waals surface area contributed by atoms with Crippen molar-refractivity contribution < 1.29 is 4.79 Å². The topological polar surface area (TPSA) is 98.2 Å². The number of carbonyl (C=O) groups excluding carboxylic acids is 1. The molecule has 0 aliphatic carbocycles. The first-order valence-electron chi connectivity index (χ1n) is 10.9. The summed E-state index contributed by atoms with van der Waals surface area (Å²) in [6, 6.07) is 15.5. The van der Waals surface area contributed by atoms with Crippen LogP contribution in [0.15, 0.2) is 60.9 Å². The second-order valence-corrected chi connectivity index (χ2v) is 8.74. The number of imidazole rings is 1. The molecule has 4 aromatic heterocycles. The molecule has 5 rings (SSSR count). The number of aromatic nitrogens is 4. The Morgan fingerprint density at radius 1 is 1.12 bits per heavy atom. The SMILES string of the molecule is Cc1cc(N)nc(C)c1CNC(=O)c1nc(Cc2ccc3ncc(Cl)cc3c2)n2ccccc12. The molecule has 0 unspecified atom stereocenters. The molecule has 0 atom stereocenters. The second kappa shape index (κ2) is 8.76. The highest BCUT2D eigenvalue weighted by atomic mass is 35.5. The molecule has 0 bridgehead atoms. The van der Waals surface area contributed by atoms with E-state index >= 15 is 0 Å². The fourth-order valence-corrected chi connectivity index (χ4v) is 4.41.